The lowest BCUT2D eigenvalue weighted by atomic mass is 10.2. The molecule has 1 aromatic rings. The Balaban J connectivity index is 1.97. The SMILES string of the molecule is CCN(c1ccc(NC(=O)[C@@H]2C[C@@H]2C(=O)O)cc1)C(C)C. The summed E-state index contributed by atoms with van der Waals surface area (Å²) in [5.41, 5.74) is 1.82. The predicted octanol–water partition coefficient (Wildman–Crippen LogP) is 2.58. The molecule has 5 nitrogen and oxygen atoms in total. The van der Waals surface area contributed by atoms with Crippen LogP contribution in [0.2, 0.25) is 0 Å². The summed E-state index contributed by atoms with van der Waals surface area (Å²) in [6.07, 6.45) is 0.441. The fourth-order valence-electron chi connectivity index (χ4n) is 2.57. The standard InChI is InChI=1S/C16H22N2O3/c1-4-18(10(2)3)12-7-5-11(6-8-12)17-15(19)13-9-14(13)16(20)21/h5-8,10,13-14H,4,9H2,1-3H3,(H,17,19)(H,20,21)/t13-,14+/m1/s1. The van der Waals surface area contributed by atoms with E-state index < -0.39 is 11.9 Å². The molecule has 21 heavy (non-hydrogen) atoms. The maximum Gasteiger partial charge on any atom is 0.307 e. The van der Waals surface area contributed by atoms with Gasteiger partial charge >= 0.3 is 5.97 Å². The summed E-state index contributed by atoms with van der Waals surface area (Å²) in [7, 11) is 0. The molecule has 0 saturated heterocycles. The maximum atomic E-state index is 11.9. The molecule has 1 amide bonds. The number of rotatable bonds is 6. The average Bonchev–Trinajstić information content (AvgIpc) is 3.21. The second-order valence-electron chi connectivity index (χ2n) is 5.70. The van der Waals surface area contributed by atoms with E-state index in [0.29, 0.717) is 18.2 Å². The number of carboxylic acids is 1. The minimum Gasteiger partial charge on any atom is -0.481 e. The third-order valence-electron chi connectivity index (χ3n) is 3.87. The Morgan fingerprint density at radius 1 is 1.29 bits per heavy atom. The Kier molecular flexibility index (Phi) is 4.50. The molecule has 114 valence electrons. The van der Waals surface area contributed by atoms with Crippen LogP contribution in [0.5, 0.6) is 0 Å². The van der Waals surface area contributed by atoms with E-state index in [1.54, 1.807) is 0 Å². The second-order valence-corrected chi connectivity index (χ2v) is 5.70. The third-order valence-corrected chi connectivity index (χ3v) is 3.87. The molecule has 0 spiro atoms. The molecule has 1 saturated carbocycles. The van der Waals surface area contributed by atoms with Crippen molar-refractivity contribution in [2.24, 2.45) is 11.8 Å². The molecule has 2 atom stereocenters. The summed E-state index contributed by atoms with van der Waals surface area (Å²) < 4.78 is 0. The van der Waals surface area contributed by atoms with Gasteiger partial charge in [0.05, 0.1) is 11.8 Å². The molecule has 2 rings (SSSR count). The molecule has 1 aromatic carbocycles. The van der Waals surface area contributed by atoms with Gasteiger partial charge in [0.1, 0.15) is 0 Å². The molecule has 0 unspecified atom stereocenters. The first kappa shape index (κ1) is 15.4. The highest BCUT2D eigenvalue weighted by Crippen LogP contribution is 2.39. The van der Waals surface area contributed by atoms with Crippen molar-refractivity contribution in [2.75, 3.05) is 16.8 Å². The zero-order valence-electron chi connectivity index (χ0n) is 12.7. The van der Waals surface area contributed by atoms with Crippen LogP contribution in [0.1, 0.15) is 27.2 Å². The molecular weight excluding hydrogens is 268 g/mol. The van der Waals surface area contributed by atoms with E-state index in [9.17, 15) is 9.59 Å². The summed E-state index contributed by atoms with van der Waals surface area (Å²) in [6.45, 7) is 7.30. The van der Waals surface area contributed by atoms with Crippen LogP contribution >= 0.6 is 0 Å². The summed E-state index contributed by atoms with van der Waals surface area (Å²) in [5, 5.41) is 11.6. The molecule has 5 heteroatoms. The zero-order valence-corrected chi connectivity index (χ0v) is 12.7. The van der Waals surface area contributed by atoms with Gasteiger partial charge in [-0.05, 0) is 51.5 Å². The van der Waals surface area contributed by atoms with Gasteiger partial charge < -0.3 is 15.3 Å². The molecule has 2 N–H and O–H groups in total. The highest BCUT2D eigenvalue weighted by molar-refractivity contribution is 5.98. The normalized spacial score (nSPS) is 20.2. The summed E-state index contributed by atoms with van der Waals surface area (Å²) in [4.78, 5) is 24.9. The number of carbonyl (C=O) groups excluding carboxylic acids is 1. The zero-order chi connectivity index (χ0) is 15.6. The highest BCUT2D eigenvalue weighted by atomic mass is 16.4. The van der Waals surface area contributed by atoms with E-state index in [-0.39, 0.29) is 11.8 Å². The number of nitrogens with zero attached hydrogens (tertiary/aromatic N) is 1. The van der Waals surface area contributed by atoms with Gasteiger partial charge in [0.25, 0.3) is 0 Å². The van der Waals surface area contributed by atoms with Crippen LogP contribution < -0.4 is 10.2 Å². The fraction of sp³-hybridized carbons (Fsp3) is 0.500. The van der Waals surface area contributed by atoms with E-state index in [1.165, 1.54) is 0 Å². The van der Waals surface area contributed by atoms with E-state index in [1.807, 2.05) is 24.3 Å². The van der Waals surface area contributed by atoms with Gasteiger partial charge in [0.15, 0.2) is 0 Å². The monoisotopic (exact) mass is 290 g/mol. The van der Waals surface area contributed by atoms with Crippen molar-refractivity contribution >= 4 is 23.3 Å². The van der Waals surface area contributed by atoms with Crippen LogP contribution in [-0.4, -0.2) is 29.6 Å². The topological polar surface area (TPSA) is 69.6 Å². The predicted molar refractivity (Wildman–Crippen MR) is 82.5 cm³/mol. The van der Waals surface area contributed by atoms with Crippen LogP contribution in [0.15, 0.2) is 24.3 Å². The lowest BCUT2D eigenvalue weighted by Gasteiger charge is -2.27. The first-order chi connectivity index (χ1) is 9.93. The van der Waals surface area contributed by atoms with Crippen LogP contribution in [0.25, 0.3) is 0 Å². The molecule has 0 heterocycles. The number of anilines is 2. The van der Waals surface area contributed by atoms with Crippen molar-refractivity contribution in [3.63, 3.8) is 0 Å². The van der Waals surface area contributed by atoms with Crippen molar-refractivity contribution in [1.82, 2.24) is 0 Å². The van der Waals surface area contributed by atoms with Gasteiger partial charge in [-0.15, -0.1) is 0 Å². The minimum absolute atomic E-state index is 0.202. The fourth-order valence-corrected chi connectivity index (χ4v) is 2.57. The Labute approximate surface area is 125 Å². The number of nitrogens with one attached hydrogen (secondary N) is 1. The maximum absolute atomic E-state index is 11.9. The average molecular weight is 290 g/mol. The Hall–Kier alpha value is -2.04. The second kappa shape index (κ2) is 6.16. The number of hydrogen-bond acceptors (Lipinski definition) is 3. The number of carbonyl (C=O) groups is 2. The van der Waals surface area contributed by atoms with E-state index in [0.717, 1.165) is 12.2 Å². The quantitative estimate of drug-likeness (QED) is 0.845. The van der Waals surface area contributed by atoms with Gasteiger partial charge in [0, 0.05) is 24.0 Å². The number of hydrogen-bond donors (Lipinski definition) is 2. The lowest BCUT2D eigenvalue weighted by molar-refractivity contribution is -0.139. The number of carboxylic acid groups (broad SMARTS) is 1. The molecule has 0 aromatic heterocycles. The third kappa shape index (κ3) is 3.54. The number of amides is 1. The first-order valence-corrected chi connectivity index (χ1v) is 7.34. The number of aliphatic carboxylic acids is 1. The molecule has 1 aliphatic carbocycles. The summed E-state index contributed by atoms with van der Waals surface area (Å²) in [6, 6.07) is 8.08. The van der Waals surface area contributed by atoms with Gasteiger partial charge in [0.2, 0.25) is 5.91 Å². The largest absolute Gasteiger partial charge is 0.481 e. The summed E-state index contributed by atoms with van der Waals surface area (Å²) >= 11 is 0. The van der Waals surface area contributed by atoms with Crippen molar-refractivity contribution in [3.05, 3.63) is 24.3 Å². The Morgan fingerprint density at radius 2 is 1.90 bits per heavy atom. The first-order valence-electron chi connectivity index (χ1n) is 7.34. The van der Waals surface area contributed by atoms with Crippen LogP contribution in [0.4, 0.5) is 11.4 Å². The molecular formula is C16H22N2O3. The molecule has 0 radical (unpaired) electrons. The van der Waals surface area contributed by atoms with Crippen molar-refractivity contribution in [1.29, 1.82) is 0 Å². The molecule has 1 aliphatic rings. The van der Waals surface area contributed by atoms with Crippen molar-refractivity contribution in [2.45, 2.75) is 33.2 Å². The summed E-state index contributed by atoms with van der Waals surface area (Å²) in [5.74, 6) is -1.99. The lowest BCUT2D eigenvalue weighted by Crippen LogP contribution is -2.30. The van der Waals surface area contributed by atoms with E-state index >= 15 is 0 Å². The smallest absolute Gasteiger partial charge is 0.307 e. The molecule has 0 bridgehead atoms. The van der Waals surface area contributed by atoms with Crippen LogP contribution in [0.3, 0.4) is 0 Å². The van der Waals surface area contributed by atoms with E-state index in [2.05, 4.69) is 31.0 Å². The highest BCUT2D eigenvalue weighted by Gasteiger charge is 2.48. The minimum atomic E-state index is -0.888. The van der Waals surface area contributed by atoms with Gasteiger partial charge in [-0.25, -0.2) is 0 Å². The van der Waals surface area contributed by atoms with Crippen LogP contribution in [-0.2, 0) is 9.59 Å². The van der Waals surface area contributed by atoms with Crippen LogP contribution in [0, 0.1) is 11.8 Å². The van der Waals surface area contributed by atoms with Gasteiger partial charge in [-0.1, -0.05) is 0 Å². The van der Waals surface area contributed by atoms with E-state index in [4.69, 9.17) is 5.11 Å². The van der Waals surface area contributed by atoms with Gasteiger partial charge in [-0.2, -0.15) is 0 Å². The van der Waals surface area contributed by atoms with Crippen molar-refractivity contribution < 1.29 is 14.7 Å². The Bertz CT molecular complexity index is 525. The van der Waals surface area contributed by atoms with Gasteiger partial charge in [-0.3, -0.25) is 9.59 Å². The van der Waals surface area contributed by atoms with Crippen molar-refractivity contribution in [3.8, 4) is 0 Å². The number of benzene rings is 1. The molecule has 1 fully saturated rings. The Morgan fingerprint density at radius 3 is 2.33 bits per heavy atom. The molecule has 0 aliphatic heterocycles.